The Bertz CT molecular complexity index is 1290. The number of oxime groups is 1. The molecular weight excluding hydrogens is 422 g/mol. The number of benzene rings is 1. The number of thioether (sulfide) groups is 1. The molecule has 1 aliphatic heterocycles. The first kappa shape index (κ1) is 20.0. The van der Waals surface area contributed by atoms with Gasteiger partial charge >= 0.3 is 0 Å². The monoisotopic (exact) mass is 441 g/mol. The number of pyridine rings is 2. The number of hydrogen-bond donors (Lipinski definition) is 2. The molecule has 0 saturated carbocycles. The highest BCUT2D eigenvalue weighted by molar-refractivity contribution is 7.99. The van der Waals surface area contributed by atoms with Crippen molar-refractivity contribution in [1.82, 2.24) is 14.5 Å². The molecule has 0 spiro atoms. The second kappa shape index (κ2) is 8.68. The van der Waals surface area contributed by atoms with Crippen LogP contribution in [0.25, 0.3) is 0 Å². The number of hydrogen-bond acceptors (Lipinski definition) is 6. The molecule has 32 heavy (non-hydrogen) atoms. The number of nitrogens with one attached hydrogen (secondary N) is 1. The molecular formula is C24H19N5O2S. The van der Waals surface area contributed by atoms with Gasteiger partial charge in [0.1, 0.15) is 11.1 Å². The summed E-state index contributed by atoms with van der Waals surface area (Å²) in [4.78, 5) is 21.5. The summed E-state index contributed by atoms with van der Waals surface area (Å²) in [5.74, 6) is 0.569. The molecule has 3 aromatic heterocycles. The number of rotatable bonds is 5. The first-order valence-electron chi connectivity index (χ1n) is 10.0. The lowest BCUT2D eigenvalue weighted by atomic mass is 10.1. The van der Waals surface area contributed by atoms with Crippen LogP contribution in [0.3, 0.4) is 0 Å². The van der Waals surface area contributed by atoms with Crippen LogP contribution in [0.2, 0.25) is 0 Å². The third kappa shape index (κ3) is 3.76. The third-order valence-corrected chi connectivity index (χ3v) is 6.53. The highest BCUT2D eigenvalue weighted by Gasteiger charge is 2.28. The van der Waals surface area contributed by atoms with Crippen molar-refractivity contribution in [3.05, 3.63) is 114 Å². The van der Waals surface area contributed by atoms with E-state index in [0.29, 0.717) is 28.2 Å². The highest BCUT2D eigenvalue weighted by Crippen LogP contribution is 2.41. The zero-order chi connectivity index (χ0) is 21.9. The summed E-state index contributed by atoms with van der Waals surface area (Å²) in [5, 5.41) is 16.0. The fraction of sp³-hybridized carbons (Fsp3) is 0.0833. The predicted octanol–water partition coefficient (Wildman–Crippen LogP) is 4.55. The topological polar surface area (TPSA) is 92.4 Å². The van der Waals surface area contributed by atoms with Crippen LogP contribution >= 0.6 is 11.8 Å². The number of fused-ring (bicyclic) bond motifs is 1. The molecule has 1 amide bonds. The minimum atomic E-state index is -0.177. The fourth-order valence-corrected chi connectivity index (χ4v) is 5.09. The summed E-state index contributed by atoms with van der Waals surface area (Å²) in [6.45, 7) is 0. The molecule has 4 heterocycles. The molecule has 5 rings (SSSR count). The van der Waals surface area contributed by atoms with Gasteiger partial charge in [-0.25, -0.2) is 0 Å². The van der Waals surface area contributed by atoms with Crippen LogP contribution < -0.4 is 5.32 Å². The second-order valence-electron chi connectivity index (χ2n) is 7.23. The lowest BCUT2D eigenvalue weighted by Crippen LogP contribution is -2.14. The van der Waals surface area contributed by atoms with Crippen LogP contribution in [0.1, 0.15) is 38.2 Å². The molecule has 4 aromatic rings. The van der Waals surface area contributed by atoms with E-state index in [4.69, 9.17) is 0 Å². The van der Waals surface area contributed by atoms with E-state index < -0.39 is 0 Å². The van der Waals surface area contributed by atoms with Gasteiger partial charge < -0.3 is 15.1 Å². The van der Waals surface area contributed by atoms with E-state index in [-0.39, 0.29) is 11.3 Å². The maximum atomic E-state index is 13.1. The normalized spacial score (nSPS) is 15.4. The largest absolute Gasteiger partial charge is 0.410 e. The van der Waals surface area contributed by atoms with Crippen molar-refractivity contribution < 1.29 is 10.0 Å². The van der Waals surface area contributed by atoms with Crippen molar-refractivity contribution in [2.45, 2.75) is 11.1 Å². The molecule has 1 unspecified atom stereocenters. The maximum Gasteiger partial charge on any atom is 0.257 e. The SMILES string of the molecule is O=C(Nc1cccc(C(=NO)c2ccccn2)c1)c1ccn2c1CSC2c1cccnc1. The Morgan fingerprint density at radius 1 is 1.12 bits per heavy atom. The molecule has 0 bridgehead atoms. The van der Waals surface area contributed by atoms with Crippen LogP contribution in [0.5, 0.6) is 0 Å². The fourth-order valence-electron chi connectivity index (χ4n) is 3.78. The van der Waals surface area contributed by atoms with Crippen LogP contribution in [0.15, 0.2) is 90.6 Å². The highest BCUT2D eigenvalue weighted by atomic mass is 32.2. The summed E-state index contributed by atoms with van der Waals surface area (Å²) in [6, 6.07) is 18.4. The van der Waals surface area contributed by atoms with E-state index in [1.165, 1.54) is 0 Å². The molecule has 0 aliphatic carbocycles. The van der Waals surface area contributed by atoms with Gasteiger partial charge in [0.05, 0.1) is 11.3 Å². The quantitative estimate of drug-likeness (QED) is 0.269. The smallest absolute Gasteiger partial charge is 0.257 e. The van der Waals surface area contributed by atoms with Gasteiger partial charge in [0.2, 0.25) is 0 Å². The Morgan fingerprint density at radius 3 is 2.84 bits per heavy atom. The van der Waals surface area contributed by atoms with Gasteiger partial charge in [0, 0.05) is 53.0 Å². The minimum absolute atomic E-state index is 0.116. The van der Waals surface area contributed by atoms with E-state index in [9.17, 15) is 10.0 Å². The van der Waals surface area contributed by atoms with Crippen LogP contribution in [0, 0.1) is 0 Å². The van der Waals surface area contributed by atoms with Gasteiger partial charge in [-0.1, -0.05) is 29.4 Å². The van der Waals surface area contributed by atoms with Gasteiger partial charge in [-0.15, -0.1) is 11.8 Å². The summed E-state index contributed by atoms with van der Waals surface area (Å²) in [6.07, 6.45) is 7.21. The van der Waals surface area contributed by atoms with E-state index in [1.54, 1.807) is 54.5 Å². The maximum absolute atomic E-state index is 13.1. The number of carbonyl (C=O) groups excluding carboxylic acids is 1. The lowest BCUT2D eigenvalue weighted by Gasteiger charge is -2.12. The number of carbonyl (C=O) groups is 1. The van der Waals surface area contributed by atoms with Gasteiger partial charge in [0.15, 0.2) is 0 Å². The lowest BCUT2D eigenvalue weighted by molar-refractivity contribution is 0.102. The molecule has 0 fully saturated rings. The number of aromatic nitrogens is 3. The Hall–Kier alpha value is -3.91. The summed E-state index contributed by atoms with van der Waals surface area (Å²) in [7, 11) is 0. The second-order valence-corrected chi connectivity index (χ2v) is 8.30. The van der Waals surface area contributed by atoms with Crippen LogP contribution in [0.4, 0.5) is 5.69 Å². The molecule has 1 aromatic carbocycles. The molecule has 0 saturated heterocycles. The van der Waals surface area contributed by atoms with Crippen molar-refractivity contribution in [3.8, 4) is 0 Å². The first-order chi connectivity index (χ1) is 15.7. The van der Waals surface area contributed by atoms with Gasteiger partial charge in [-0.2, -0.15) is 0 Å². The Morgan fingerprint density at radius 2 is 2.06 bits per heavy atom. The number of amides is 1. The van der Waals surface area contributed by atoms with Gasteiger partial charge in [0.25, 0.3) is 5.91 Å². The van der Waals surface area contributed by atoms with E-state index in [1.807, 2.05) is 42.7 Å². The minimum Gasteiger partial charge on any atom is -0.410 e. The first-order valence-corrected chi connectivity index (χ1v) is 11.1. The third-order valence-electron chi connectivity index (χ3n) is 5.27. The number of anilines is 1. The average molecular weight is 442 g/mol. The van der Waals surface area contributed by atoms with Gasteiger partial charge in [-0.05, 0) is 36.4 Å². The van der Waals surface area contributed by atoms with Crippen LogP contribution in [-0.4, -0.2) is 31.4 Å². The molecule has 0 radical (unpaired) electrons. The molecule has 158 valence electrons. The van der Waals surface area contributed by atoms with Crippen molar-refractivity contribution in [3.63, 3.8) is 0 Å². The molecule has 2 N–H and O–H groups in total. The predicted molar refractivity (Wildman–Crippen MR) is 124 cm³/mol. The number of nitrogens with zero attached hydrogens (tertiary/aromatic N) is 4. The van der Waals surface area contributed by atoms with Crippen LogP contribution in [-0.2, 0) is 5.75 Å². The van der Waals surface area contributed by atoms with E-state index in [2.05, 4.69) is 25.0 Å². The van der Waals surface area contributed by atoms with Crippen molar-refractivity contribution >= 4 is 29.1 Å². The van der Waals surface area contributed by atoms with Crippen molar-refractivity contribution in [2.24, 2.45) is 5.16 Å². The van der Waals surface area contributed by atoms with Crippen molar-refractivity contribution in [2.75, 3.05) is 5.32 Å². The Balaban J connectivity index is 1.38. The Kier molecular flexibility index (Phi) is 5.43. The summed E-state index contributed by atoms with van der Waals surface area (Å²) in [5.41, 5.74) is 4.89. The molecule has 7 nitrogen and oxygen atoms in total. The zero-order valence-corrected chi connectivity index (χ0v) is 17.7. The molecule has 1 aliphatic rings. The van der Waals surface area contributed by atoms with E-state index >= 15 is 0 Å². The van der Waals surface area contributed by atoms with Crippen molar-refractivity contribution in [1.29, 1.82) is 0 Å². The van der Waals surface area contributed by atoms with Gasteiger partial charge in [-0.3, -0.25) is 14.8 Å². The summed E-state index contributed by atoms with van der Waals surface area (Å²) < 4.78 is 2.13. The van der Waals surface area contributed by atoms with E-state index in [0.717, 1.165) is 17.0 Å². The standard InChI is InChI=1S/C24H19N5O2S/c30-23(19-9-12-29-21(19)15-32-24(29)17-6-4-10-25-14-17)27-18-7-3-5-16(13-18)22(28-31)20-8-1-2-11-26-20/h1-14,24,31H,15H2,(H,27,30). The Labute approximate surface area is 188 Å². The molecule has 8 heteroatoms. The average Bonchev–Trinajstić information content (AvgIpc) is 3.44. The molecule has 1 atom stereocenters. The zero-order valence-electron chi connectivity index (χ0n) is 16.9. The summed E-state index contributed by atoms with van der Waals surface area (Å²) >= 11 is 1.77.